The van der Waals surface area contributed by atoms with Crippen molar-refractivity contribution in [3.63, 3.8) is 0 Å². The Hall–Kier alpha value is -1.80. The molecule has 0 unspecified atom stereocenters. The number of rotatable bonds is 5. The van der Waals surface area contributed by atoms with Crippen molar-refractivity contribution < 1.29 is 27.8 Å². The fourth-order valence-electron chi connectivity index (χ4n) is 2.34. The normalized spacial score (nSPS) is 15.3. The fraction of sp³-hybridized carbons (Fsp3) is 0.462. The van der Waals surface area contributed by atoms with Gasteiger partial charge >= 0.3 is 5.97 Å². The number of hydrogen-bond donors (Lipinski definition) is 1. The van der Waals surface area contributed by atoms with E-state index in [1.165, 1.54) is 18.5 Å². The second-order valence-corrected chi connectivity index (χ2v) is 6.68. The van der Waals surface area contributed by atoms with Gasteiger partial charge in [0.25, 0.3) is 0 Å². The predicted octanol–water partition coefficient (Wildman–Crippen LogP) is 0.476. The molecule has 21 heavy (non-hydrogen) atoms. The van der Waals surface area contributed by atoms with Gasteiger partial charge in [-0.25, -0.2) is 8.42 Å². The number of carboxylic acids is 1. The molecule has 0 atom stereocenters. The van der Waals surface area contributed by atoms with Crippen molar-refractivity contribution in [2.45, 2.75) is 13.0 Å². The molecule has 2 rings (SSSR count). The van der Waals surface area contributed by atoms with Crippen LogP contribution in [0.4, 0.5) is 0 Å². The molecule has 0 bridgehead atoms. The van der Waals surface area contributed by atoms with Crippen LogP contribution in [0.3, 0.4) is 0 Å². The molecule has 0 radical (unpaired) electrons. The highest BCUT2D eigenvalue weighted by atomic mass is 32.2. The molecule has 0 saturated carbocycles. The van der Waals surface area contributed by atoms with Crippen molar-refractivity contribution in [2.75, 3.05) is 26.5 Å². The van der Waals surface area contributed by atoms with Crippen LogP contribution in [-0.2, 0) is 27.8 Å². The minimum atomic E-state index is -3.80. The van der Waals surface area contributed by atoms with E-state index >= 15 is 0 Å². The molecule has 0 aliphatic carbocycles. The van der Waals surface area contributed by atoms with Crippen molar-refractivity contribution in [1.29, 1.82) is 0 Å². The van der Waals surface area contributed by atoms with Crippen LogP contribution in [0.25, 0.3) is 0 Å². The first-order valence-electron chi connectivity index (χ1n) is 6.30. The smallest absolute Gasteiger partial charge is 0.320 e. The molecule has 0 amide bonds. The quantitative estimate of drug-likeness (QED) is 0.849. The van der Waals surface area contributed by atoms with Gasteiger partial charge < -0.3 is 14.6 Å². The maximum atomic E-state index is 12.0. The summed E-state index contributed by atoms with van der Waals surface area (Å²) < 4.78 is 35.6. The lowest BCUT2D eigenvalue weighted by atomic mass is 10.0. The Morgan fingerprint density at radius 1 is 1.24 bits per heavy atom. The Kier molecular flexibility index (Phi) is 4.38. The molecule has 0 fully saturated rings. The van der Waals surface area contributed by atoms with E-state index in [1.54, 1.807) is 6.07 Å². The number of methoxy groups -OCH3 is 2. The monoisotopic (exact) mass is 315 g/mol. The second-order valence-electron chi connectivity index (χ2n) is 4.71. The number of benzene rings is 1. The Morgan fingerprint density at radius 3 is 2.33 bits per heavy atom. The molecule has 1 aromatic carbocycles. The Morgan fingerprint density at radius 2 is 1.81 bits per heavy atom. The molecular weight excluding hydrogens is 298 g/mol. The minimum Gasteiger partial charge on any atom is -0.493 e. The summed E-state index contributed by atoms with van der Waals surface area (Å²) in [5, 5.41) is 8.68. The first-order chi connectivity index (χ1) is 9.87. The summed E-state index contributed by atoms with van der Waals surface area (Å²) in [4.78, 5) is 10.6. The van der Waals surface area contributed by atoms with Gasteiger partial charge in [0, 0.05) is 13.1 Å². The van der Waals surface area contributed by atoms with Crippen molar-refractivity contribution in [3.8, 4) is 11.5 Å². The van der Waals surface area contributed by atoms with Crippen LogP contribution in [0, 0.1) is 0 Å². The van der Waals surface area contributed by atoms with E-state index in [4.69, 9.17) is 14.6 Å². The average Bonchev–Trinajstić information content (AvgIpc) is 2.43. The van der Waals surface area contributed by atoms with E-state index in [0.29, 0.717) is 17.9 Å². The highest BCUT2D eigenvalue weighted by Crippen LogP contribution is 2.33. The number of sulfonamides is 1. The zero-order valence-electron chi connectivity index (χ0n) is 11.8. The third kappa shape index (κ3) is 3.27. The second kappa shape index (κ2) is 5.90. The molecule has 116 valence electrons. The van der Waals surface area contributed by atoms with Crippen molar-refractivity contribution in [1.82, 2.24) is 4.31 Å². The zero-order chi connectivity index (χ0) is 15.6. The fourth-order valence-corrected chi connectivity index (χ4v) is 3.54. The molecule has 1 N–H and O–H groups in total. The summed E-state index contributed by atoms with van der Waals surface area (Å²) in [6.07, 6.45) is 0.508. The highest BCUT2D eigenvalue weighted by Gasteiger charge is 2.29. The Bertz CT molecular complexity index is 655. The summed E-state index contributed by atoms with van der Waals surface area (Å²) >= 11 is 0. The van der Waals surface area contributed by atoms with E-state index in [0.717, 1.165) is 11.1 Å². The highest BCUT2D eigenvalue weighted by molar-refractivity contribution is 7.89. The maximum Gasteiger partial charge on any atom is 0.320 e. The molecule has 1 aliphatic rings. The standard InChI is InChI=1S/C13H17NO6S/c1-19-11-5-9-3-4-14(21(17,18)8-13(15)16)7-10(9)6-12(11)20-2/h5-6H,3-4,7-8H2,1-2H3,(H,15,16). The summed E-state index contributed by atoms with van der Waals surface area (Å²) in [5.74, 6) is -1.13. The van der Waals surface area contributed by atoms with Gasteiger partial charge in [0.1, 0.15) is 0 Å². The van der Waals surface area contributed by atoms with Crippen LogP contribution < -0.4 is 9.47 Å². The third-order valence-electron chi connectivity index (χ3n) is 3.38. The number of hydrogen-bond acceptors (Lipinski definition) is 5. The molecule has 1 heterocycles. The van der Waals surface area contributed by atoms with Crippen LogP contribution in [0.5, 0.6) is 11.5 Å². The molecule has 0 spiro atoms. The van der Waals surface area contributed by atoms with Crippen molar-refractivity contribution >= 4 is 16.0 Å². The van der Waals surface area contributed by atoms with Crippen LogP contribution >= 0.6 is 0 Å². The summed E-state index contributed by atoms with van der Waals surface area (Å²) in [6, 6.07) is 3.56. The first kappa shape index (κ1) is 15.6. The molecular formula is C13H17NO6S. The Labute approximate surface area is 123 Å². The topological polar surface area (TPSA) is 93.1 Å². The van der Waals surface area contributed by atoms with E-state index < -0.39 is 21.7 Å². The summed E-state index contributed by atoms with van der Waals surface area (Å²) in [6.45, 7) is 0.406. The van der Waals surface area contributed by atoms with Crippen LogP contribution in [0.1, 0.15) is 11.1 Å². The lowest BCUT2D eigenvalue weighted by Crippen LogP contribution is -2.39. The maximum absolute atomic E-state index is 12.0. The predicted molar refractivity (Wildman–Crippen MR) is 75.1 cm³/mol. The molecule has 1 aromatic rings. The van der Waals surface area contributed by atoms with E-state index in [1.807, 2.05) is 6.07 Å². The van der Waals surface area contributed by atoms with Gasteiger partial charge in [-0.3, -0.25) is 4.79 Å². The molecule has 1 aliphatic heterocycles. The van der Waals surface area contributed by atoms with Crippen LogP contribution in [0.15, 0.2) is 12.1 Å². The number of nitrogens with zero attached hydrogens (tertiary/aromatic N) is 1. The summed E-state index contributed by atoms with van der Waals surface area (Å²) in [5.41, 5.74) is 1.78. The summed E-state index contributed by atoms with van der Waals surface area (Å²) in [7, 11) is -0.754. The van der Waals surface area contributed by atoms with Gasteiger partial charge in [-0.1, -0.05) is 0 Å². The van der Waals surface area contributed by atoms with Crippen LogP contribution in [0.2, 0.25) is 0 Å². The third-order valence-corrected chi connectivity index (χ3v) is 5.09. The molecule has 0 saturated heterocycles. The van der Waals surface area contributed by atoms with Crippen molar-refractivity contribution in [3.05, 3.63) is 23.3 Å². The van der Waals surface area contributed by atoms with Gasteiger partial charge in [0.2, 0.25) is 10.0 Å². The van der Waals surface area contributed by atoms with Gasteiger partial charge in [0.15, 0.2) is 17.3 Å². The largest absolute Gasteiger partial charge is 0.493 e. The molecule has 0 aromatic heterocycles. The SMILES string of the molecule is COc1cc2c(cc1OC)CN(S(=O)(=O)CC(=O)O)CC2. The van der Waals surface area contributed by atoms with E-state index in [9.17, 15) is 13.2 Å². The van der Waals surface area contributed by atoms with Gasteiger partial charge in [-0.15, -0.1) is 0 Å². The van der Waals surface area contributed by atoms with E-state index in [-0.39, 0.29) is 13.1 Å². The lowest BCUT2D eigenvalue weighted by molar-refractivity contribution is -0.134. The zero-order valence-corrected chi connectivity index (χ0v) is 12.6. The van der Waals surface area contributed by atoms with Gasteiger partial charge in [-0.05, 0) is 29.7 Å². The number of carbonyl (C=O) groups is 1. The Balaban J connectivity index is 2.30. The number of ether oxygens (including phenoxy) is 2. The minimum absolute atomic E-state index is 0.144. The first-order valence-corrected chi connectivity index (χ1v) is 7.91. The van der Waals surface area contributed by atoms with Gasteiger partial charge in [-0.2, -0.15) is 4.31 Å². The molecule has 8 heteroatoms. The number of fused-ring (bicyclic) bond motifs is 1. The number of carboxylic acid groups (broad SMARTS) is 1. The van der Waals surface area contributed by atoms with Crippen molar-refractivity contribution in [2.24, 2.45) is 0 Å². The van der Waals surface area contributed by atoms with Gasteiger partial charge in [0.05, 0.1) is 14.2 Å². The number of aliphatic carboxylic acids is 1. The average molecular weight is 315 g/mol. The molecule has 7 nitrogen and oxygen atoms in total. The lowest BCUT2D eigenvalue weighted by Gasteiger charge is -2.28. The van der Waals surface area contributed by atoms with Crippen LogP contribution in [-0.4, -0.2) is 50.3 Å². The van der Waals surface area contributed by atoms with E-state index in [2.05, 4.69) is 0 Å².